The van der Waals surface area contributed by atoms with Crippen LogP contribution in [0.1, 0.15) is 32.6 Å². The van der Waals surface area contributed by atoms with E-state index in [2.05, 4.69) is 4.72 Å². The van der Waals surface area contributed by atoms with Crippen LogP contribution in [0.4, 0.5) is 0 Å². The molecule has 3 N–H and O–H groups in total. The van der Waals surface area contributed by atoms with Gasteiger partial charge in [0.1, 0.15) is 0 Å². The van der Waals surface area contributed by atoms with Gasteiger partial charge in [-0.15, -0.1) is 0 Å². The van der Waals surface area contributed by atoms with Crippen LogP contribution in [0, 0.1) is 0 Å². The summed E-state index contributed by atoms with van der Waals surface area (Å²) in [7, 11) is -3.00. The largest absolute Gasteiger partial charge is 0.328 e. The highest BCUT2D eigenvalue weighted by molar-refractivity contribution is 7.90. The predicted molar refractivity (Wildman–Crippen MR) is 52.8 cm³/mol. The summed E-state index contributed by atoms with van der Waals surface area (Å²) in [6, 6.07) is 0.113. The second kappa shape index (κ2) is 4.39. The van der Waals surface area contributed by atoms with Crippen molar-refractivity contribution in [1.29, 1.82) is 0 Å². The van der Waals surface area contributed by atoms with Crippen molar-refractivity contribution in [3.8, 4) is 0 Å². The lowest BCUT2D eigenvalue weighted by Gasteiger charge is -2.09. The molecule has 0 spiro atoms. The second-order valence-corrected chi connectivity index (χ2v) is 5.64. The summed E-state index contributed by atoms with van der Waals surface area (Å²) < 4.78 is 25.2. The molecule has 1 unspecified atom stereocenters. The van der Waals surface area contributed by atoms with Gasteiger partial charge in [-0.3, -0.25) is 0 Å². The summed E-state index contributed by atoms with van der Waals surface area (Å²) in [6.07, 6.45) is 3.25. The molecule has 0 aliphatic heterocycles. The van der Waals surface area contributed by atoms with E-state index in [-0.39, 0.29) is 11.3 Å². The summed E-state index contributed by atoms with van der Waals surface area (Å²) in [6.45, 7) is 2.48. The van der Waals surface area contributed by atoms with Crippen molar-refractivity contribution in [3.05, 3.63) is 0 Å². The van der Waals surface area contributed by atoms with E-state index in [0.29, 0.717) is 6.54 Å². The van der Waals surface area contributed by atoms with Crippen LogP contribution < -0.4 is 10.5 Å². The first kappa shape index (κ1) is 10.9. The zero-order chi connectivity index (χ0) is 9.90. The quantitative estimate of drug-likeness (QED) is 0.652. The molecule has 0 radical (unpaired) electrons. The lowest BCUT2D eigenvalue weighted by molar-refractivity contribution is 0.557. The van der Waals surface area contributed by atoms with Gasteiger partial charge in [0.2, 0.25) is 10.0 Å². The number of hydrogen-bond acceptors (Lipinski definition) is 3. The molecule has 78 valence electrons. The molecular weight excluding hydrogens is 188 g/mol. The Labute approximate surface area is 79.9 Å². The van der Waals surface area contributed by atoms with Crippen molar-refractivity contribution in [2.24, 2.45) is 5.73 Å². The Bertz CT molecular complexity index is 247. The maximum absolute atomic E-state index is 11.3. The fraction of sp³-hybridized carbons (Fsp3) is 1.00. The summed E-state index contributed by atoms with van der Waals surface area (Å²) in [5.41, 5.74) is 5.66. The average molecular weight is 206 g/mol. The molecule has 1 aliphatic carbocycles. The van der Waals surface area contributed by atoms with Gasteiger partial charge in [0.25, 0.3) is 0 Å². The van der Waals surface area contributed by atoms with E-state index in [4.69, 9.17) is 5.73 Å². The van der Waals surface area contributed by atoms with E-state index in [1.54, 1.807) is 0 Å². The minimum absolute atomic E-state index is 0.113. The molecule has 1 aliphatic rings. The molecule has 0 saturated heterocycles. The lowest BCUT2D eigenvalue weighted by atomic mass is 10.2. The molecule has 0 amide bonds. The zero-order valence-electron chi connectivity index (χ0n) is 7.99. The van der Waals surface area contributed by atoms with Crippen molar-refractivity contribution in [1.82, 2.24) is 4.72 Å². The highest BCUT2D eigenvalue weighted by atomic mass is 32.2. The number of hydrogen-bond donors (Lipinski definition) is 2. The molecule has 1 fully saturated rings. The molecule has 0 aromatic rings. The number of rotatable bonds is 6. The molecule has 0 aromatic heterocycles. The fourth-order valence-electron chi connectivity index (χ4n) is 1.09. The molecule has 0 heterocycles. The first-order valence-electron chi connectivity index (χ1n) is 4.80. The Morgan fingerprint density at radius 1 is 1.54 bits per heavy atom. The third-order valence-corrected chi connectivity index (χ3v) is 4.26. The van der Waals surface area contributed by atoms with E-state index < -0.39 is 10.0 Å². The van der Waals surface area contributed by atoms with Crippen molar-refractivity contribution in [2.45, 2.75) is 43.9 Å². The van der Waals surface area contributed by atoms with Crippen LogP contribution in [0.25, 0.3) is 0 Å². The van der Waals surface area contributed by atoms with E-state index in [1.807, 2.05) is 6.92 Å². The van der Waals surface area contributed by atoms with Gasteiger partial charge < -0.3 is 5.73 Å². The van der Waals surface area contributed by atoms with Crippen LogP contribution in [0.2, 0.25) is 0 Å². The van der Waals surface area contributed by atoms with Crippen LogP contribution in [-0.4, -0.2) is 26.3 Å². The first-order chi connectivity index (χ1) is 6.06. The number of sulfonamides is 1. The Morgan fingerprint density at radius 3 is 2.62 bits per heavy atom. The Balaban J connectivity index is 2.18. The van der Waals surface area contributed by atoms with Crippen LogP contribution in [0.3, 0.4) is 0 Å². The van der Waals surface area contributed by atoms with E-state index >= 15 is 0 Å². The molecule has 1 saturated carbocycles. The maximum atomic E-state index is 11.3. The molecule has 1 atom stereocenters. The second-order valence-electron chi connectivity index (χ2n) is 3.60. The van der Waals surface area contributed by atoms with E-state index in [0.717, 1.165) is 25.7 Å². The van der Waals surface area contributed by atoms with Crippen molar-refractivity contribution in [3.63, 3.8) is 0 Å². The SMILES string of the molecule is CCC(N)CCNS(=O)(=O)C1CC1. The third-order valence-electron chi connectivity index (χ3n) is 2.31. The van der Waals surface area contributed by atoms with Crippen LogP contribution in [0.15, 0.2) is 0 Å². The maximum Gasteiger partial charge on any atom is 0.214 e. The smallest absolute Gasteiger partial charge is 0.214 e. The van der Waals surface area contributed by atoms with Gasteiger partial charge in [-0.05, 0) is 25.7 Å². The van der Waals surface area contributed by atoms with Gasteiger partial charge in [0, 0.05) is 12.6 Å². The Kier molecular flexibility index (Phi) is 3.70. The van der Waals surface area contributed by atoms with Gasteiger partial charge in [0.05, 0.1) is 5.25 Å². The standard InChI is InChI=1S/C8H18N2O2S/c1-2-7(9)5-6-10-13(11,12)8-3-4-8/h7-8,10H,2-6,9H2,1H3. The third kappa shape index (κ3) is 3.62. The van der Waals surface area contributed by atoms with Crippen molar-refractivity contribution < 1.29 is 8.42 Å². The summed E-state index contributed by atoms with van der Waals surface area (Å²) in [4.78, 5) is 0. The highest BCUT2D eigenvalue weighted by Gasteiger charge is 2.35. The Morgan fingerprint density at radius 2 is 2.15 bits per heavy atom. The van der Waals surface area contributed by atoms with Gasteiger partial charge in [-0.1, -0.05) is 6.92 Å². The average Bonchev–Trinajstić information content (AvgIpc) is 2.85. The topological polar surface area (TPSA) is 72.2 Å². The molecule has 0 aromatic carbocycles. The van der Waals surface area contributed by atoms with Gasteiger partial charge in [-0.25, -0.2) is 13.1 Å². The van der Waals surface area contributed by atoms with Gasteiger partial charge in [-0.2, -0.15) is 0 Å². The predicted octanol–water partition coefficient (Wildman–Crippen LogP) is 0.196. The molecule has 1 rings (SSSR count). The minimum atomic E-state index is -3.00. The summed E-state index contributed by atoms with van der Waals surface area (Å²) in [5, 5.41) is -0.120. The Hall–Kier alpha value is -0.130. The van der Waals surface area contributed by atoms with Crippen LogP contribution >= 0.6 is 0 Å². The fourth-order valence-corrected chi connectivity index (χ4v) is 2.48. The lowest BCUT2D eigenvalue weighted by Crippen LogP contribution is -2.32. The summed E-state index contributed by atoms with van der Waals surface area (Å²) >= 11 is 0. The van der Waals surface area contributed by atoms with Crippen LogP contribution in [-0.2, 0) is 10.0 Å². The van der Waals surface area contributed by atoms with Gasteiger partial charge in [0.15, 0.2) is 0 Å². The van der Waals surface area contributed by atoms with Crippen molar-refractivity contribution in [2.75, 3.05) is 6.54 Å². The zero-order valence-corrected chi connectivity index (χ0v) is 8.81. The minimum Gasteiger partial charge on any atom is -0.328 e. The number of nitrogens with one attached hydrogen (secondary N) is 1. The monoisotopic (exact) mass is 206 g/mol. The first-order valence-corrected chi connectivity index (χ1v) is 6.35. The van der Waals surface area contributed by atoms with Gasteiger partial charge >= 0.3 is 0 Å². The molecular formula is C8H18N2O2S. The molecule has 5 heteroatoms. The highest BCUT2D eigenvalue weighted by Crippen LogP contribution is 2.27. The molecule has 4 nitrogen and oxygen atoms in total. The molecule has 0 bridgehead atoms. The van der Waals surface area contributed by atoms with E-state index in [9.17, 15) is 8.42 Å². The van der Waals surface area contributed by atoms with E-state index in [1.165, 1.54) is 0 Å². The molecule has 13 heavy (non-hydrogen) atoms. The van der Waals surface area contributed by atoms with Crippen molar-refractivity contribution >= 4 is 10.0 Å². The normalized spacial score (nSPS) is 20.2. The van der Waals surface area contributed by atoms with Crippen LogP contribution in [0.5, 0.6) is 0 Å². The number of nitrogens with two attached hydrogens (primary N) is 1. The summed E-state index contributed by atoms with van der Waals surface area (Å²) in [5.74, 6) is 0.